The molecule has 0 saturated carbocycles. The number of ether oxygens (including phenoxy) is 1. The van der Waals surface area contributed by atoms with Crippen LogP contribution in [0.25, 0.3) is 22.3 Å². The Morgan fingerprint density at radius 1 is 1.16 bits per heavy atom. The lowest BCUT2D eigenvalue weighted by Crippen LogP contribution is -2.55. The van der Waals surface area contributed by atoms with Gasteiger partial charge in [0.1, 0.15) is 28.2 Å². The number of aliphatic hydroxyl groups excluding tert-OH is 1. The molecule has 6 heterocycles. The van der Waals surface area contributed by atoms with E-state index in [1.54, 1.807) is 6.92 Å². The van der Waals surface area contributed by atoms with Crippen LogP contribution in [0.1, 0.15) is 93.0 Å². The predicted molar refractivity (Wildman–Crippen MR) is 192 cm³/mol. The van der Waals surface area contributed by atoms with Crippen LogP contribution in [0.2, 0.25) is 0 Å². The van der Waals surface area contributed by atoms with Gasteiger partial charge in [-0.25, -0.2) is 13.8 Å². The predicted octanol–water partition coefficient (Wildman–Crippen LogP) is 6.76. The van der Waals surface area contributed by atoms with Crippen molar-refractivity contribution < 1.29 is 18.6 Å². The first-order valence-electron chi connectivity index (χ1n) is 17.5. The van der Waals surface area contributed by atoms with Crippen LogP contribution in [0.5, 0.6) is 0 Å². The van der Waals surface area contributed by atoms with Crippen LogP contribution in [0.4, 0.5) is 25.5 Å². The summed E-state index contributed by atoms with van der Waals surface area (Å²) >= 11 is 1.01. The van der Waals surface area contributed by atoms with E-state index in [1.165, 1.54) is 6.08 Å². The number of nitriles is 1. The zero-order chi connectivity index (χ0) is 34.7. The number of hydrogen-bond acceptors (Lipinski definition) is 10. The fourth-order valence-electron chi connectivity index (χ4n) is 8.39. The molecule has 4 atom stereocenters. The Hall–Kier alpha value is -3.63. The summed E-state index contributed by atoms with van der Waals surface area (Å²) in [5, 5.41) is 21.3. The number of rotatable bonds is 8. The van der Waals surface area contributed by atoms with E-state index in [4.69, 9.17) is 20.4 Å². The first kappa shape index (κ1) is 33.8. The Kier molecular flexibility index (Phi) is 9.15. The maximum absolute atomic E-state index is 17.8. The second kappa shape index (κ2) is 13.2. The second-order valence-corrected chi connectivity index (χ2v) is 15.3. The Balaban J connectivity index is 1.51. The molecule has 0 radical (unpaired) electrons. The fraction of sp³-hybridized carbons (Fsp3) is 0.541. The van der Waals surface area contributed by atoms with Crippen LogP contribution in [0, 0.1) is 23.1 Å². The molecule has 9 nitrogen and oxygen atoms in total. The SMILES string of the molecule is C/C=C(/F)c1sc(N)c(C#N)c1/C(=C(\C)CC)c1c2c(c3c(N4C5CCC4CN(CC(C)O)C5)nc(N4CCC(C)C4)nc3c1F)COC2. The van der Waals surface area contributed by atoms with E-state index >= 15 is 8.78 Å². The number of nitrogens with zero attached hydrogens (tertiary/aromatic N) is 6. The molecule has 12 heteroatoms. The van der Waals surface area contributed by atoms with Crippen LogP contribution in [0.3, 0.4) is 0 Å². The third kappa shape index (κ3) is 5.68. The number of thiophene rings is 1. The molecule has 3 saturated heterocycles. The summed E-state index contributed by atoms with van der Waals surface area (Å²) in [7, 11) is 0. The quantitative estimate of drug-likeness (QED) is 0.265. The smallest absolute Gasteiger partial charge is 0.228 e. The monoisotopic (exact) mass is 689 g/mol. The fourth-order valence-corrected chi connectivity index (χ4v) is 9.38. The normalized spacial score (nSPS) is 23.7. The number of aliphatic hydroxyl groups is 1. The molecule has 1 aromatic carbocycles. The van der Waals surface area contributed by atoms with E-state index in [1.807, 2.05) is 20.8 Å². The molecule has 49 heavy (non-hydrogen) atoms. The third-order valence-electron chi connectivity index (χ3n) is 10.8. The highest BCUT2D eigenvalue weighted by molar-refractivity contribution is 7.17. The summed E-state index contributed by atoms with van der Waals surface area (Å²) < 4.78 is 39.5. The first-order chi connectivity index (χ1) is 23.6. The molecule has 0 aliphatic carbocycles. The minimum Gasteiger partial charge on any atom is -0.392 e. The molecular weight excluding hydrogens is 645 g/mol. The average Bonchev–Trinajstić information content (AvgIpc) is 3.86. The highest BCUT2D eigenvalue weighted by Gasteiger charge is 2.43. The molecule has 4 aliphatic heterocycles. The highest BCUT2D eigenvalue weighted by atomic mass is 32.1. The zero-order valence-corrected chi connectivity index (χ0v) is 29.8. The van der Waals surface area contributed by atoms with Crippen LogP contribution < -0.4 is 15.5 Å². The van der Waals surface area contributed by atoms with Gasteiger partial charge in [0.15, 0.2) is 5.82 Å². The standard InChI is InChI=1S/C37H45F2N7O2S/c1-6-20(4)28(30-24(12-40)35(41)49-34(30)27(38)7-2)29-25-17-48-18-26(25)31-33(32(29)39)42-37(45-11-10-19(3)13-45)43-36(31)46-22-8-9-23(46)16-44(15-22)14-21(5)47/h7,19,21-23,47H,6,8-11,13-18,41H2,1-5H3/b27-7+,28-20+. The number of nitrogen functional groups attached to an aromatic ring is 1. The number of hydrogen-bond donors (Lipinski definition) is 2. The van der Waals surface area contributed by atoms with Crippen molar-refractivity contribution >= 4 is 50.4 Å². The summed E-state index contributed by atoms with van der Waals surface area (Å²) in [6, 6.07) is 2.53. The van der Waals surface area contributed by atoms with E-state index in [0.717, 1.165) is 73.7 Å². The number of allylic oxidation sites excluding steroid dienone is 2. The molecule has 0 amide bonds. The zero-order valence-electron chi connectivity index (χ0n) is 28.9. The lowest BCUT2D eigenvalue weighted by molar-refractivity contribution is 0.111. The lowest BCUT2D eigenvalue weighted by atomic mass is 9.84. The van der Waals surface area contributed by atoms with Crippen molar-refractivity contribution in [2.24, 2.45) is 5.92 Å². The van der Waals surface area contributed by atoms with Gasteiger partial charge >= 0.3 is 0 Å². The van der Waals surface area contributed by atoms with Gasteiger partial charge in [0, 0.05) is 55.9 Å². The summed E-state index contributed by atoms with van der Waals surface area (Å²) in [5.41, 5.74) is 10.1. The number of aromatic nitrogens is 2. The third-order valence-corrected chi connectivity index (χ3v) is 11.8. The van der Waals surface area contributed by atoms with Gasteiger partial charge in [-0.1, -0.05) is 25.5 Å². The first-order valence-corrected chi connectivity index (χ1v) is 18.3. The summed E-state index contributed by atoms with van der Waals surface area (Å²) in [5.74, 6) is 0.694. The maximum Gasteiger partial charge on any atom is 0.228 e. The Labute approximate surface area is 290 Å². The number of benzene rings is 1. The lowest BCUT2D eigenvalue weighted by Gasteiger charge is -2.43. The molecule has 260 valence electrons. The summed E-state index contributed by atoms with van der Waals surface area (Å²) in [4.78, 5) is 17.4. The average molecular weight is 690 g/mol. The molecule has 4 aliphatic rings. The molecule has 4 unspecified atom stereocenters. The second-order valence-electron chi connectivity index (χ2n) is 14.2. The van der Waals surface area contributed by atoms with Gasteiger partial charge in [0.05, 0.1) is 35.1 Å². The summed E-state index contributed by atoms with van der Waals surface area (Å²) in [6.07, 6.45) is 4.45. The molecule has 3 N–H and O–H groups in total. The van der Waals surface area contributed by atoms with Crippen molar-refractivity contribution in [3.63, 3.8) is 0 Å². The van der Waals surface area contributed by atoms with E-state index in [0.29, 0.717) is 52.5 Å². The Morgan fingerprint density at radius 2 is 1.88 bits per heavy atom. The van der Waals surface area contributed by atoms with Crippen LogP contribution >= 0.6 is 11.3 Å². The van der Waals surface area contributed by atoms with Gasteiger partial charge in [-0.15, -0.1) is 11.3 Å². The minimum absolute atomic E-state index is 0.147. The van der Waals surface area contributed by atoms with Crippen molar-refractivity contribution in [1.82, 2.24) is 14.9 Å². The number of piperazine rings is 1. The Morgan fingerprint density at radius 3 is 2.49 bits per heavy atom. The number of anilines is 3. The van der Waals surface area contributed by atoms with Gasteiger partial charge in [-0.2, -0.15) is 10.2 Å². The molecule has 7 rings (SSSR count). The van der Waals surface area contributed by atoms with Crippen molar-refractivity contribution in [2.75, 3.05) is 48.3 Å². The molecule has 2 aromatic heterocycles. The van der Waals surface area contributed by atoms with E-state index in [-0.39, 0.29) is 46.3 Å². The Bertz CT molecular complexity index is 1900. The molecule has 0 spiro atoms. The highest BCUT2D eigenvalue weighted by Crippen LogP contribution is 2.49. The van der Waals surface area contributed by atoms with Gasteiger partial charge in [0.25, 0.3) is 0 Å². The van der Waals surface area contributed by atoms with Crippen LogP contribution in [-0.4, -0.2) is 70.9 Å². The van der Waals surface area contributed by atoms with Gasteiger partial charge in [-0.05, 0) is 69.1 Å². The number of halogens is 2. The summed E-state index contributed by atoms with van der Waals surface area (Å²) in [6.45, 7) is 13.7. The van der Waals surface area contributed by atoms with Crippen molar-refractivity contribution in [1.29, 1.82) is 5.26 Å². The van der Waals surface area contributed by atoms with Crippen LogP contribution in [-0.2, 0) is 18.0 Å². The molecular formula is C37H45F2N7O2S. The van der Waals surface area contributed by atoms with Crippen molar-refractivity contribution in [3.8, 4) is 6.07 Å². The number of fused-ring (bicyclic) bond motifs is 5. The van der Waals surface area contributed by atoms with Crippen molar-refractivity contribution in [2.45, 2.75) is 91.7 Å². The van der Waals surface area contributed by atoms with E-state index < -0.39 is 17.7 Å². The molecule has 3 aromatic rings. The molecule has 2 bridgehead atoms. The minimum atomic E-state index is -0.514. The van der Waals surface area contributed by atoms with Gasteiger partial charge < -0.3 is 25.4 Å². The molecule has 3 fully saturated rings. The number of likely N-dealkylation sites (tertiary alicyclic amines) is 1. The van der Waals surface area contributed by atoms with Gasteiger partial charge in [-0.3, -0.25) is 4.90 Å². The maximum atomic E-state index is 17.8. The number of β-amino-alcohol motifs (C(OH)–C–C–N with tert-alkyl or cyclic N) is 1. The van der Waals surface area contributed by atoms with E-state index in [9.17, 15) is 10.4 Å². The van der Waals surface area contributed by atoms with Gasteiger partial charge in [0.2, 0.25) is 5.95 Å². The van der Waals surface area contributed by atoms with Crippen molar-refractivity contribution in [3.05, 3.63) is 50.2 Å². The van der Waals surface area contributed by atoms with E-state index in [2.05, 4.69) is 27.7 Å². The number of nitrogens with two attached hydrogens (primary N) is 1. The van der Waals surface area contributed by atoms with Crippen LogP contribution in [0.15, 0.2) is 11.6 Å². The topological polar surface area (TPSA) is 115 Å². The largest absolute Gasteiger partial charge is 0.392 e.